The van der Waals surface area contributed by atoms with Gasteiger partial charge in [0.1, 0.15) is 46.8 Å². The van der Waals surface area contributed by atoms with Gasteiger partial charge in [-0.25, -0.2) is 22.8 Å². The number of aromatic nitrogens is 3. The third kappa shape index (κ3) is 4.66. The van der Waals surface area contributed by atoms with Gasteiger partial charge < -0.3 is 20.1 Å². The molecule has 0 unspecified atom stereocenters. The molecule has 2 N–H and O–H groups in total. The number of primary amides is 1. The molecule has 0 atom stereocenters. The second-order valence-corrected chi connectivity index (χ2v) is 10.0. The SMILES string of the molecule is COc1cc2c(cc1-c1cc(C(N)=O)ncc1F)-c1c(c(C(=O)N(C)C(C)(C)C#N)nn1-c1cc(F)cc(F)c1)CO2. The smallest absolute Gasteiger partial charge is 0.275 e. The van der Waals surface area contributed by atoms with E-state index in [2.05, 4.69) is 10.1 Å². The number of pyridine rings is 1. The highest BCUT2D eigenvalue weighted by Crippen LogP contribution is 2.46. The van der Waals surface area contributed by atoms with Crippen molar-refractivity contribution in [1.82, 2.24) is 19.7 Å². The van der Waals surface area contributed by atoms with Crippen LogP contribution in [0, 0.1) is 28.8 Å². The number of amides is 2. The van der Waals surface area contributed by atoms with Crippen molar-refractivity contribution in [3.05, 3.63) is 77.0 Å². The monoisotopic (exact) mass is 576 g/mol. The predicted molar refractivity (Wildman–Crippen MR) is 143 cm³/mol. The average molecular weight is 577 g/mol. The minimum absolute atomic E-state index is 0.0404. The van der Waals surface area contributed by atoms with Gasteiger partial charge in [-0.1, -0.05) is 0 Å². The van der Waals surface area contributed by atoms with E-state index in [0.717, 1.165) is 18.3 Å². The maximum atomic E-state index is 15.1. The van der Waals surface area contributed by atoms with E-state index in [9.17, 15) is 23.6 Å². The summed E-state index contributed by atoms with van der Waals surface area (Å²) in [5, 5.41) is 14.0. The van der Waals surface area contributed by atoms with Crippen LogP contribution in [-0.4, -0.2) is 51.2 Å². The number of ether oxygens (including phenoxy) is 2. The van der Waals surface area contributed by atoms with Gasteiger partial charge in [0.15, 0.2) is 5.69 Å². The average Bonchev–Trinajstić information content (AvgIpc) is 3.35. The van der Waals surface area contributed by atoms with E-state index in [1.807, 2.05) is 6.07 Å². The van der Waals surface area contributed by atoms with Gasteiger partial charge in [0, 0.05) is 41.4 Å². The molecule has 2 amide bonds. The zero-order valence-corrected chi connectivity index (χ0v) is 22.8. The number of hydrogen-bond acceptors (Lipinski definition) is 7. The van der Waals surface area contributed by atoms with E-state index < -0.39 is 34.8 Å². The second kappa shape index (κ2) is 10.2. The molecule has 10 nitrogen and oxygen atoms in total. The molecule has 1 aliphatic rings. The zero-order chi connectivity index (χ0) is 30.5. The van der Waals surface area contributed by atoms with E-state index in [1.54, 1.807) is 13.8 Å². The molecule has 0 aliphatic carbocycles. The summed E-state index contributed by atoms with van der Waals surface area (Å²) in [7, 11) is 2.79. The summed E-state index contributed by atoms with van der Waals surface area (Å²) in [6.45, 7) is 2.93. The van der Waals surface area contributed by atoms with E-state index in [0.29, 0.717) is 6.07 Å². The molecular formula is C29H23F3N6O4. The summed E-state index contributed by atoms with van der Waals surface area (Å²) in [6, 6.07) is 8.95. The largest absolute Gasteiger partial charge is 0.496 e. The van der Waals surface area contributed by atoms with Gasteiger partial charge in [-0.2, -0.15) is 10.4 Å². The first-order valence-corrected chi connectivity index (χ1v) is 12.4. The molecule has 3 heterocycles. The molecule has 5 rings (SSSR count). The molecule has 0 bridgehead atoms. The summed E-state index contributed by atoms with van der Waals surface area (Å²) in [6.07, 6.45) is 0.847. The van der Waals surface area contributed by atoms with Gasteiger partial charge in [0.05, 0.1) is 30.8 Å². The standard InChI is InChI=1S/C29H23F3N6O4/c1-29(2,13-33)37(3)28(40)25-20-12-42-24-10-23(41-4)18(17-9-22(27(34)39)35-11-21(17)32)8-19(24)26(20)38(36-25)16-6-14(30)5-15(31)7-16/h5-11H,12H2,1-4H3,(H2,34,39). The normalized spacial score (nSPS) is 12.0. The molecule has 214 valence electrons. The number of benzene rings is 2. The van der Waals surface area contributed by atoms with Crippen LogP contribution in [0.5, 0.6) is 11.5 Å². The van der Waals surface area contributed by atoms with Crippen molar-refractivity contribution in [1.29, 1.82) is 5.26 Å². The van der Waals surface area contributed by atoms with Gasteiger partial charge >= 0.3 is 0 Å². The first-order chi connectivity index (χ1) is 19.9. The molecule has 13 heteroatoms. The van der Waals surface area contributed by atoms with Crippen LogP contribution in [0.15, 0.2) is 42.6 Å². The van der Waals surface area contributed by atoms with Crippen LogP contribution in [0.4, 0.5) is 13.2 Å². The molecule has 0 saturated heterocycles. The Morgan fingerprint density at radius 3 is 2.40 bits per heavy atom. The Bertz CT molecular complexity index is 1810. The summed E-state index contributed by atoms with van der Waals surface area (Å²) >= 11 is 0. The summed E-state index contributed by atoms with van der Waals surface area (Å²) in [4.78, 5) is 30.3. The number of carbonyl (C=O) groups is 2. The van der Waals surface area contributed by atoms with Gasteiger partial charge in [-0.3, -0.25) is 9.59 Å². The Hall–Kier alpha value is -5.38. The fourth-order valence-corrected chi connectivity index (χ4v) is 4.55. The number of halogens is 3. The van der Waals surface area contributed by atoms with E-state index in [-0.39, 0.29) is 63.1 Å². The lowest BCUT2D eigenvalue weighted by atomic mass is 9.95. The number of nitriles is 1. The summed E-state index contributed by atoms with van der Waals surface area (Å²) in [5.41, 5.74) is 4.67. The number of nitrogens with zero attached hydrogens (tertiary/aromatic N) is 5. The van der Waals surface area contributed by atoms with Crippen molar-refractivity contribution in [2.24, 2.45) is 5.73 Å². The number of fused-ring (bicyclic) bond motifs is 3. The van der Waals surface area contributed by atoms with Gasteiger partial charge in [0.2, 0.25) is 0 Å². The Labute approximate surface area is 237 Å². The Kier molecular flexibility index (Phi) is 6.85. The maximum Gasteiger partial charge on any atom is 0.275 e. The van der Waals surface area contributed by atoms with Gasteiger partial charge in [0.25, 0.3) is 11.8 Å². The number of hydrogen-bond donors (Lipinski definition) is 1. The highest BCUT2D eigenvalue weighted by atomic mass is 19.1. The molecule has 0 spiro atoms. The number of methoxy groups -OCH3 is 1. The molecule has 0 radical (unpaired) electrons. The lowest BCUT2D eigenvalue weighted by molar-refractivity contribution is 0.0688. The summed E-state index contributed by atoms with van der Waals surface area (Å²) < 4.78 is 56.4. The molecule has 1 aliphatic heterocycles. The molecule has 4 aromatic rings. The first kappa shape index (κ1) is 28.2. The van der Waals surface area contributed by atoms with Crippen molar-refractivity contribution in [2.45, 2.75) is 26.0 Å². The zero-order valence-electron chi connectivity index (χ0n) is 22.8. The van der Waals surface area contributed by atoms with E-state index >= 15 is 4.39 Å². The van der Waals surface area contributed by atoms with Crippen LogP contribution in [0.25, 0.3) is 28.1 Å². The molecule has 42 heavy (non-hydrogen) atoms. The predicted octanol–water partition coefficient (Wildman–Crippen LogP) is 4.39. The topological polar surface area (TPSA) is 136 Å². The maximum absolute atomic E-state index is 15.1. The summed E-state index contributed by atoms with van der Waals surface area (Å²) in [5.74, 6) is -3.65. The highest BCUT2D eigenvalue weighted by molar-refractivity contribution is 5.98. The second-order valence-electron chi connectivity index (χ2n) is 10.0. The first-order valence-electron chi connectivity index (χ1n) is 12.4. The highest BCUT2D eigenvalue weighted by Gasteiger charge is 2.36. The van der Waals surface area contributed by atoms with Crippen molar-refractivity contribution >= 4 is 11.8 Å². The van der Waals surface area contributed by atoms with Crippen molar-refractivity contribution in [3.8, 4) is 45.6 Å². The van der Waals surface area contributed by atoms with Gasteiger partial charge in [-0.05, 0) is 38.1 Å². The quantitative estimate of drug-likeness (QED) is 0.360. The molecule has 2 aromatic carbocycles. The fraction of sp³-hybridized carbons (Fsp3) is 0.207. The lowest BCUT2D eigenvalue weighted by Gasteiger charge is -2.29. The molecule has 2 aromatic heterocycles. The lowest BCUT2D eigenvalue weighted by Crippen LogP contribution is -2.44. The van der Waals surface area contributed by atoms with Crippen LogP contribution >= 0.6 is 0 Å². The van der Waals surface area contributed by atoms with Crippen LogP contribution in [-0.2, 0) is 6.61 Å². The Morgan fingerprint density at radius 1 is 1.10 bits per heavy atom. The van der Waals surface area contributed by atoms with E-state index in [4.69, 9.17) is 15.2 Å². The van der Waals surface area contributed by atoms with E-state index in [1.165, 1.54) is 41.9 Å². The van der Waals surface area contributed by atoms with Gasteiger partial charge in [-0.15, -0.1) is 0 Å². The van der Waals surface area contributed by atoms with Crippen LogP contribution < -0.4 is 15.2 Å². The number of carbonyl (C=O) groups excluding carboxylic acids is 2. The minimum Gasteiger partial charge on any atom is -0.496 e. The molecule has 0 saturated carbocycles. The van der Waals surface area contributed by atoms with Crippen molar-refractivity contribution < 1.29 is 32.2 Å². The third-order valence-electron chi connectivity index (χ3n) is 7.02. The fourth-order valence-electron chi connectivity index (χ4n) is 4.55. The Morgan fingerprint density at radius 2 is 1.79 bits per heavy atom. The Balaban J connectivity index is 1.81. The molecular weight excluding hydrogens is 553 g/mol. The van der Waals surface area contributed by atoms with Crippen molar-refractivity contribution in [3.63, 3.8) is 0 Å². The minimum atomic E-state index is -1.22. The number of rotatable bonds is 6. The molecule has 0 fully saturated rings. The van der Waals surface area contributed by atoms with Crippen LogP contribution in [0.2, 0.25) is 0 Å². The van der Waals surface area contributed by atoms with Crippen molar-refractivity contribution in [2.75, 3.05) is 14.2 Å². The number of nitrogens with two attached hydrogens (primary N) is 1. The third-order valence-corrected chi connectivity index (χ3v) is 7.02. The van der Waals surface area contributed by atoms with Crippen LogP contribution in [0.1, 0.15) is 40.4 Å². The van der Waals surface area contributed by atoms with Crippen LogP contribution in [0.3, 0.4) is 0 Å².